The van der Waals surface area contributed by atoms with Crippen LogP contribution in [0.3, 0.4) is 0 Å². The fraction of sp³-hybridized carbons (Fsp3) is 0.714. The highest BCUT2D eigenvalue weighted by Gasteiger charge is 2.26. The average Bonchev–Trinajstić information content (AvgIpc) is 2.82. The van der Waals surface area contributed by atoms with Crippen LogP contribution in [0.15, 0.2) is 11.4 Å². The van der Waals surface area contributed by atoms with Crippen molar-refractivity contribution in [2.45, 2.75) is 45.7 Å². The predicted molar refractivity (Wildman–Crippen MR) is 84.6 cm³/mol. The molecule has 0 aromatic carbocycles. The molecule has 0 radical (unpaired) electrons. The van der Waals surface area contributed by atoms with Crippen LogP contribution < -0.4 is 5.32 Å². The molecule has 0 bridgehead atoms. The molecule has 2 rings (SSSR count). The molecule has 1 aliphatic rings. The second-order valence-electron chi connectivity index (χ2n) is 5.40. The van der Waals surface area contributed by atoms with Gasteiger partial charge in [-0.1, -0.05) is 6.92 Å². The fourth-order valence-corrected chi connectivity index (χ4v) is 4.95. The van der Waals surface area contributed by atoms with Crippen molar-refractivity contribution >= 4 is 21.4 Å². The van der Waals surface area contributed by atoms with Crippen LogP contribution in [-0.4, -0.2) is 37.6 Å². The van der Waals surface area contributed by atoms with Crippen molar-refractivity contribution in [1.82, 2.24) is 9.62 Å². The molecular weight excluding hydrogens is 292 g/mol. The van der Waals surface area contributed by atoms with Crippen LogP contribution in [-0.2, 0) is 16.6 Å². The van der Waals surface area contributed by atoms with E-state index in [1.54, 1.807) is 15.6 Å². The molecule has 20 heavy (non-hydrogen) atoms. The van der Waals surface area contributed by atoms with E-state index in [2.05, 4.69) is 23.7 Å². The van der Waals surface area contributed by atoms with Gasteiger partial charge in [-0.15, -0.1) is 11.3 Å². The molecule has 1 aromatic heterocycles. The third-order valence-electron chi connectivity index (χ3n) is 3.83. The SMILES string of the molecule is CCCS(=O)(=O)N1CCC(NCc2sccc2C)CC1. The minimum Gasteiger partial charge on any atom is -0.309 e. The summed E-state index contributed by atoms with van der Waals surface area (Å²) in [6.07, 6.45) is 2.51. The molecule has 1 aromatic rings. The zero-order chi connectivity index (χ0) is 14.6. The number of nitrogens with one attached hydrogen (secondary N) is 1. The summed E-state index contributed by atoms with van der Waals surface area (Å²) >= 11 is 1.78. The van der Waals surface area contributed by atoms with Crippen LogP contribution in [0.25, 0.3) is 0 Å². The molecule has 2 heterocycles. The Bertz CT molecular complexity index is 517. The number of hydrogen-bond donors (Lipinski definition) is 1. The lowest BCUT2D eigenvalue weighted by Gasteiger charge is -2.31. The van der Waals surface area contributed by atoms with E-state index in [9.17, 15) is 8.42 Å². The summed E-state index contributed by atoms with van der Waals surface area (Å²) in [5.41, 5.74) is 1.34. The second kappa shape index (κ2) is 7.02. The Morgan fingerprint density at radius 1 is 1.40 bits per heavy atom. The monoisotopic (exact) mass is 316 g/mol. The van der Waals surface area contributed by atoms with Crippen LogP contribution in [0.4, 0.5) is 0 Å². The standard InChI is InChI=1S/C14H24N2O2S2/c1-3-10-20(17,18)16-7-4-13(5-8-16)15-11-14-12(2)6-9-19-14/h6,9,13,15H,3-5,7-8,10-11H2,1-2H3. The third-order valence-corrected chi connectivity index (χ3v) is 6.93. The van der Waals surface area contributed by atoms with Gasteiger partial charge in [-0.25, -0.2) is 12.7 Å². The Balaban J connectivity index is 1.79. The Morgan fingerprint density at radius 3 is 2.65 bits per heavy atom. The molecule has 6 heteroatoms. The van der Waals surface area contributed by atoms with Crippen molar-refractivity contribution < 1.29 is 8.42 Å². The quantitative estimate of drug-likeness (QED) is 0.876. The first-order chi connectivity index (χ1) is 9.53. The first-order valence-electron chi connectivity index (χ1n) is 7.27. The Labute approximate surface area is 126 Å². The highest BCUT2D eigenvalue weighted by atomic mass is 32.2. The zero-order valence-electron chi connectivity index (χ0n) is 12.3. The highest BCUT2D eigenvalue weighted by molar-refractivity contribution is 7.89. The van der Waals surface area contributed by atoms with E-state index < -0.39 is 10.0 Å². The summed E-state index contributed by atoms with van der Waals surface area (Å²) in [4.78, 5) is 1.38. The van der Waals surface area contributed by atoms with E-state index in [0.29, 0.717) is 25.6 Å². The molecule has 1 N–H and O–H groups in total. The lowest BCUT2D eigenvalue weighted by atomic mass is 10.1. The maximum absolute atomic E-state index is 12.0. The van der Waals surface area contributed by atoms with Crippen molar-refractivity contribution in [1.29, 1.82) is 0 Å². The van der Waals surface area contributed by atoms with Gasteiger partial charge >= 0.3 is 0 Å². The molecule has 0 atom stereocenters. The summed E-state index contributed by atoms with van der Waals surface area (Å²) in [5, 5.41) is 5.68. The van der Waals surface area contributed by atoms with Crippen molar-refractivity contribution in [2.24, 2.45) is 0 Å². The molecule has 1 saturated heterocycles. The van der Waals surface area contributed by atoms with Crippen LogP contribution >= 0.6 is 11.3 Å². The van der Waals surface area contributed by atoms with Crippen molar-refractivity contribution in [3.63, 3.8) is 0 Å². The van der Waals surface area contributed by atoms with Crippen molar-refractivity contribution in [3.05, 3.63) is 21.9 Å². The molecule has 1 fully saturated rings. The Hall–Kier alpha value is -0.430. The molecule has 0 amide bonds. The summed E-state index contributed by atoms with van der Waals surface area (Å²) < 4.78 is 25.6. The molecule has 114 valence electrons. The van der Waals surface area contributed by atoms with Crippen LogP contribution in [0.1, 0.15) is 36.6 Å². The molecular formula is C14H24N2O2S2. The lowest BCUT2D eigenvalue weighted by molar-refractivity contribution is 0.289. The topological polar surface area (TPSA) is 49.4 Å². The molecule has 1 aliphatic heterocycles. The third kappa shape index (κ3) is 4.04. The van der Waals surface area contributed by atoms with Gasteiger partial charge in [0.05, 0.1) is 5.75 Å². The fourth-order valence-electron chi connectivity index (χ4n) is 2.55. The van der Waals surface area contributed by atoms with E-state index in [-0.39, 0.29) is 5.75 Å². The second-order valence-corrected chi connectivity index (χ2v) is 8.49. The van der Waals surface area contributed by atoms with Gasteiger partial charge in [-0.05, 0) is 43.2 Å². The Morgan fingerprint density at radius 2 is 2.10 bits per heavy atom. The summed E-state index contributed by atoms with van der Waals surface area (Å²) in [5.74, 6) is 0.277. The summed E-state index contributed by atoms with van der Waals surface area (Å²) in [7, 11) is -3.01. The van der Waals surface area contributed by atoms with Gasteiger partial charge in [-0.2, -0.15) is 0 Å². The van der Waals surface area contributed by atoms with Crippen molar-refractivity contribution in [3.8, 4) is 0 Å². The van der Waals surface area contributed by atoms with Gasteiger partial charge in [0, 0.05) is 30.6 Å². The minimum absolute atomic E-state index is 0.277. The minimum atomic E-state index is -3.01. The largest absolute Gasteiger partial charge is 0.309 e. The van der Waals surface area contributed by atoms with E-state index >= 15 is 0 Å². The number of hydrogen-bond acceptors (Lipinski definition) is 4. The van der Waals surface area contributed by atoms with Gasteiger partial charge in [0.15, 0.2) is 0 Å². The van der Waals surface area contributed by atoms with Crippen LogP contribution in [0, 0.1) is 6.92 Å². The lowest BCUT2D eigenvalue weighted by Crippen LogP contribution is -2.45. The maximum atomic E-state index is 12.0. The number of thiophene rings is 1. The Kier molecular flexibility index (Phi) is 5.60. The number of piperidine rings is 1. The van der Waals surface area contributed by atoms with Gasteiger partial charge in [0.1, 0.15) is 0 Å². The summed E-state index contributed by atoms with van der Waals surface area (Å²) in [6.45, 7) is 6.26. The van der Waals surface area contributed by atoms with Gasteiger partial charge in [0.2, 0.25) is 10.0 Å². The number of sulfonamides is 1. The van der Waals surface area contributed by atoms with Crippen molar-refractivity contribution in [2.75, 3.05) is 18.8 Å². The van der Waals surface area contributed by atoms with E-state index in [4.69, 9.17) is 0 Å². The van der Waals surface area contributed by atoms with E-state index in [1.807, 2.05) is 6.92 Å². The van der Waals surface area contributed by atoms with Gasteiger partial charge in [-0.3, -0.25) is 0 Å². The highest BCUT2D eigenvalue weighted by Crippen LogP contribution is 2.18. The zero-order valence-corrected chi connectivity index (χ0v) is 13.9. The normalized spacial score (nSPS) is 18.5. The first kappa shape index (κ1) is 15.9. The average molecular weight is 316 g/mol. The predicted octanol–water partition coefficient (Wildman–Crippen LogP) is 2.35. The van der Waals surface area contributed by atoms with Gasteiger partial charge < -0.3 is 5.32 Å². The number of nitrogens with zero attached hydrogens (tertiary/aromatic N) is 1. The molecule has 0 spiro atoms. The molecule has 0 saturated carbocycles. The molecule has 0 unspecified atom stereocenters. The first-order valence-corrected chi connectivity index (χ1v) is 9.76. The number of aryl methyl sites for hydroxylation is 1. The van der Waals surface area contributed by atoms with Crippen LogP contribution in [0.2, 0.25) is 0 Å². The van der Waals surface area contributed by atoms with E-state index in [1.165, 1.54) is 10.4 Å². The molecule has 4 nitrogen and oxygen atoms in total. The number of rotatable bonds is 6. The smallest absolute Gasteiger partial charge is 0.214 e. The van der Waals surface area contributed by atoms with Gasteiger partial charge in [0.25, 0.3) is 0 Å². The molecule has 0 aliphatic carbocycles. The summed E-state index contributed by atoms with van der Waals surface area (Å²) in [6, 6.07) is 2.58. The maximum Gasteiger partial charge on any atom is 0.214 e. The van der Waals surface area contributed by atoms with Crippen LogP contribution in [0.5, 0.6) is 0 Å². The van der Waals surface area contributed by atoms with E-state index in [0.717, 1.165) is 19.4 Å².